The molecule has 1 fully saturated rings. The van der Waals surface area contributed by atoms with Crippen molar-refractivity contribution >= 4 is 23.6 Å². The lowest BCUT2D eigenvalue weighted by Crippen LogP contribution is -2.47. The molecule has 0 saturated heterocycles. The number of carboxylic acids is 1. The van der Waals surface area contributed by atoms with E-state index in [0.29, 0.717) is 13.0 Å². The first kappa shape index (κ1) is 20.7. The molecule has 0 radical (unpaired) electrons. The molecule has 4 N–H and O–H groups in total. The van der Waals surface area contributed by atoms with Gasteiger partial charge in [-0.25, -0.2) is 4.79 Å². The maximum absolute atomic E-state index is 12.9. The fraction of sp³-hybridized carbons (Fsp3) is 0.550. The van der Waals surface area contributed by atoms with Gasteiger partial charge in [-0.3, -0.25) is 9.59 Å². The van der Waals surface area contributed by atoms with E-state index in [4.69, 9.17) is 5.11 Å². The Morgan fingerprint density at radius 3 is 2.41 bits per heavy atom. The van der Waals surface area contributed by atoms with Crippen molar-refractivity contribution in [3.8, 4) is 0 Å². The molecule has 0 aromatic heterocycles. The normalized spacial score (nSPS) is 15.2. The first-order valence-corrected chi connectivity index (χ1v) is 9.45. The van der Waals surface area contributed by atoms with Crippen molar-refractivity contribution in [1.29, 1.82) is 0 Å². The number of amides is 3. The Hall–Kier alpha value is -2.57. The highest BCUT2D eigenvalue weighted by molar-refractivity contribution is 5.96. The van der Waals surface area contributed by atoms with Crippen LogP contribution >= 0.6 is 0 Å². The zero-order valence-electron chi connectivity index (χ0n) is 16.1. The fourth-order valence-corrected chi connectivity index (χ4v) is 3.37. The van der Waals surface area contributed by atoms with Crippen molar-refractivity contribution in [3.05, 3.63) is 29.3 Å². The van der Waals surface area contributed by atoms with E-state index in [1.165, 1.54) is 5.56 Å². The van der Waals surface area contributed by atoms with Crippen LogP contribution in [-0.4, -0.2) is 36.1 Å². The van der Waals surface area contributed by atoms with Crippen LogP contribution in [0.15, 0.2) is 18.2 Å². The summed E-state index contributed by atoms with van der Waals surface area (Å²) in [6, 6.07) is 5.46. The van der Waals surface area contributed by atoms with Gasteiger partial charge in [-0.05, 0) is 56.4 Å². The summed E-state index contributed by atoms with van der Waals surface area (Å²) in [5, 5.41) is 17.0. The number of carboxylic acid groups (broad SMARTS) is 1. The van der Waals surface area contributed by atoms with E-state index in [9.17, 15) is 14.4 Å². The van der Waals surface area contributed by atoms with Gasteiger partial charge in [0.2, 0.25) is 5.91 Å². The van der Waals surface area contributed by atoms with E-state index < -0.39 is 11.4 Å². The third-order valence-electron chi connectivity index (χ3n) is 5.25. The van der Waals surface area contributed by atoms with Crippen LogP contribution in [0.2, 0.25) is 0 Å². The van der Waals surface area contributed by atoms with Crippen LogP contribution in [0.5, 0.6) is 0 Å². The molecule has 1 aliphatic rings. The molecule has 7 heteroatoms. The van der Waals surface area contributed by atoms with Gasteiger partial charge in [0.05, 0.1) is 5.41 Å². The van der Waals surface area contributed by atoms with Gasteiger partial charge in [0.25, 0.3) is 0 Å². The highest BCUT2D eigenvalue weighted by Gasteiger charge is 2.41. The lowest BCUT2D eigenvalue weighted by atomic mass is 9.85. The minimum atomic E-state index is -0.884. The minimum absolute atomic E-state index is 0.0165. The predicted molar refractivity (Wildman–Crippen MR) is 104 cm³/mol. The molecule has 0 atom stereocenters. The second-order valence-electron chi connectivity index (χ2n) is 7.35. The lowest BCUT2D eigenvalue weighted by molar-refractivity contribution is -0.137. The number of hydrogen-bond acceptors (Lipinski definition) is 3. The second kappa shape index (κ2) is 9.39. The van der Waals surface area contributed by atoms with Crippen LogP contribution in [0, 0.1) is 19.3 Å². The van der Waals surface area contributed by atoms with Gasteiger partial charge in [0, 0.05) is 25.2 Å². The van der Waals surface area contributed by atoms with Crippen molar-refractivity contribution in [2.75, 3.05) is 18.4 Å². The Kier molecular flexibility index (Phi) is 7.21. The first-order valence-electron chi connectivity index (χ1n) is 9.45. The number of benzene rings is 1. The zero-order valence-corrected chi connectivity index (χ0v) is 16.1. The molecule has 148 valence electrons. The van der Waals surface area contributed by atoms with Crippen molar-refractivity contribution in [2.24, 2.45) is 5.41 Å². The molecule has 0 unspecified atom stereocenters. The molecule has 0 bridgehead atoms. The molecule has 27 heavy (non-hydrogen) atoms. The summed E-state index contributed by atoms with van der Waals surface area (Å²) >= 11 is 0. The number of hydrogen-bond donors (Lipinski definition) is 4. The first-order chi connectivity index (χ1) is 12.8. The van der Waals surface area contributed by atoms with Crippen LogP contribution < -0.4 is 16.0 Å². The number of anilines is 1. The molecule has 1 aromatic rings. The second-order valence-corrected chi connectivity index (χ2v) is 7.35. The fourth-order valence-electron chi connectivity index (χ4n) is 3.37. The molecule has 3 amide bonds. The maximum atomic E-state index is 12.9. The van der Waals surface area contributed by atoms with Gasteiger partial charge in [-0.1, -0.05) is 18.9 Å². The Morgan fingerprint density at radius 2 is 1.78 bits per heavy atom. The average Bonchev–Trinajstić information content (AvgIpc) is 3.10. The third-order valence-corrected chi connectivity index (χ3v) is 5.25. The standard InChI is InChI=1S/C20H29N3O4/c1-14-7-8-16(12-15(14)2)23-18(26)20(9-3-4-10-20)13-22-19(27)21-11-5-6-17(24)25/h7-8,12H,3-6,9-11,13H2,1-2H3,(H,23,26)(H,24,25)(H2,21,22,27). The number of carbonyl (C=O) groups excluding carboxylic acids is 2. The quantitative estimate of drug-likeness (QED) is 0.524. The summed E-state index contributed by atoms with van der Waals surface area (Å²) in [5.74, 6) is -0.945. The van der Waals surface area contributed by atoms with E-state index in [2.05, 4.69) is 16.0 Å². The Morgan fingerprint density at radius 1 is 1.07 bits per heavy atom. The number of nitrogens with one attached hydrogen (secondary N) is 3. The van der Waals surface area contributed by atoms with Gasteiger partial charge in [0.15, 0.2) is 0 Å². The summed E-state index contributed by atoms with van der Waals surface area (Å²) in [7, 11) is 0. The maximum Gasteiger partial charge on any atom is 0.314 e. The van der Waals surface area contributed by atoms with E-state index in [-0.39, 0.29) is 24.9 Å². The Labute approximate surface area is 159 Å². The van der Waals surface area contributed by atoms with Crippen molar-refractivity contribution in [3.63, 3.8) is 0 Å². The van der Waals surface area contributed by atoms with Crippen molar-refractivity contribution in [1.82, 2.24) is 10.6 Å². The molecule has 1 saturated carbocycles. The number of urea groups is 1. The van der Waals surface area contributed by atoms with Gasteiger partial charge in [-0.15, -0.1) is 0 Å². The highest BCUT2D eigenvalue weighted by atomic mass is 16.4. The summed E-state index contributed by atoms with van der Waals surface area (Å²) in [5.41, 5.74) is 2.46. The molecule has 2 rings (SSSR count). The zero-order chi connectivity index (χ0) is 19.9. The topological polar surface area (TPSA) is 108 Å². The lowest BCUT2D eigenvalue weighted by Gasteiger charge is -2.28. The van der Waals surface area contributed by atoms with Gasteiger partial charge in [0.1, 0.15) is 0 Å². The molecule has 0 aliphatic heterocycles. The summed E-state index contributed by atoms with van der Waals surface area (Å²) in [6.07, 6.45) is 3.79. The van der Waals surface area contributed by atoms with Gasteiger partial charge >= 0.3 is 12.0 Å². The number of aliphatic carboxylic acids is 1. The summed E-state index contributed by atoms with van der Waals surface area (Å²) in [6.45, 7) is 4.60. The molecule has 1 aromatic carbocycles. The molecule has 0 heterocycles. The molecular formula is C20H29N3O4. The SMILES string of the molecule is Cc1ccc(NC(=O)C2(CNC(=O)NCCCC(=O)O)CCCC2)cc1C. The number of rotatable bonds is 8. The average molecular weight is 375 g/mol. The highest BCUT2D eigenvalue weighted by Crippen LogP contribution is 2.38. The van der Waals surface area contributed by atoms with Crippen LogP contribution in [0.3, 0.4) is 0 Å². The molecule has 1 aliphatic carbocycles. The molecule has 0 spiro atoms. The monoisotopic (exact) mass is 375 g/mol. The molecule has 7 nitrogen and oxygen atoms in total. The number of carbonyl (C=O) groups is 3. The van der Waals surface area contributed by atoms with Crippen molar-refractivity contribution < 1.29 is 19.5 Å². The predicted octanol–water partition coefficient (Wildman–Crippen LogP) is 2.97. The smallest absolute Gasteiger partial charge is 0.314 e. The summed E-state index contributed by atoms with van der Waals surface area (Å²) < 4.78 is 0. The molecular weight excluding hydrogens is 346 g/mol. The van der Waals surface area contributed by atoms with Gasteiger partial charge in [-0.2, -0.15) is 0 Å². The Bertz CT molecular complexity index is 696. The van der Waals surface area contributed by atoms with E-state index >= 15 is 0 Å². The van der Waals surface area contributed by atoms with Crippen LogP contribution in [0.25, 0.3) is 0 Å². The minimum Gasteiger partial charge on any atom is -0.481 e. The largest absolute Gasteiger partial charge is 0.481 e. The van der Waals surface area contributed by atoms with Crippen LogP contribution in [-0.2, 0) is 9.59 Å². The van der Waals surface area contributed by atoms with E-state index in [0.717, 1.165) is 36.9 Å². The third kappa shape index (κ3) is 5.98. The van der Waals surface area contributed by atoms with E-state index in [1.54, 1.807) is 0 Å². The van der Waals surface area contributed by atoms with Crippen molar-refractivity contribution in [2.45, 2.75) is 52.4 Å². The van der Waals surface area contributed by atoms with Crippen LogP contribution in [0.4, 0.5) is 10.5 Å². The van der Waals surface area contributed by atoms with E-state index in [1.807, 2.05) is 32.0 Å². The van der Waals surface area contributed by atoms with Crippen LogP contribution in [0.1, 0.15) is 49.7 Å². The van der Waals surface area contributed by atoms with Gasteiger partial charge < -0.3 is 21.1 Å². The Balaban J connectivity index is 1.90. The number of aryl methyl sites for hydroxylation is 2. The summed E-state index contributed by atoms with van der Waals surface area (Å²) in [4.78, 5) is 35.4.